The highest BCUT2D eigenvalue weighted by molar-refractivity contribution is 4.74. The minimum atomic E-state index is 0.589. The lowest BCUT2D eigenvalue weighted by Crippen LogP contribution is -2.42. The molecule has 0 bridgehead atoms. The van der Waals surface area contributed by atoms with Crippen molar-refractivity contribution in [2.45, 2.75) is 39.7 Å². The van der Waals surface area contributed by atoms with Crippen LogP contribution in [0.4, 0.5) is 0 Å². The average molecular weight is 227 g/mol. The van der Waals surface area contributed by atoms with E-state index in [-0.39, 0.29) is 0 Å². The van der Waals surface area contributed by atoms with Crippen LogP contribution in [0.2, 0.25) is 0 Å². The van der Waals surface area contributed by atoms with E-state index < -0.39 is 0 Å². The van der Waals surface area contributed by atoms with Gasteiger partial charge in [0.1, 0.15) is 0 Å². The third-order valence-electron chi connectivity index (χ3n) is 3.70. The van der Waals surface area contributed by atoms with Crippen LogP contribution in [0.25, 0.3) is 0 Å². The maximum absolute atomic E-state index is 5.77. The highest BCUT2D eigenvalue weighted by Crippen LogP contribution is 2.09. The molecule has 1 aliphatic rings. The summed E-state index contributed by atoms with van der Waals surface area (Å²) in [6.45, 7) is 12.4. The normalized spacial score (nSPS) is 21.6. The molecule has 0 radical (unpaired) electrons. The van der Waals surface area contributed by atoms with Gasteiger partial charge in [-0.05, 0) is 57.8 Å². The van der Waals surface area contributed by atoms with Crippen molar-refractivity contribution in [3.8, 4) is 0 Å². The molecule has 1 aliphatic heterocycles. The van der Waals surface area contributed by atoms with Gasteiger partial charge in [0.15, 0.2) is 0 Å². The van der Waals surface area contributed by atoms with Crippen LogP contribution in [0.15, 0.2) is 0 Å². The van der Waals surface area contributed by atoms with Crippen LogP contribution in [-0.2, 0) is 0 Å². The maximum atomic E-state index is 5.77. The first-order valence-electron chi connectivity index (χ1n) is 6.79. The second kappa shape index (κ2) is 7.25. The summed E-state index contributed by atoms with van der Waals surface area (Å²) in [5.74, 6) is 1.29. The van der Waals surface area contributed by atoms with E-state index in [1.54, 1.807) is 0 Å². The van der Waals surface area contributed by atoms with E-state index in [1.807, 2.05) is 0 Å². The van der Waals surface area contributed by atoms with Crippen molar-refractivity contribution < 1.29 is 0 Å². The molecule has 2 unspecified atom stereocenters. The molecular formula is C13H29N3. The lowest BCUT2D eigenvalue weighted by molar-refractivity contribution is 0.280. The Labute approximate surface area is 101 Å². The summed E-state index contributed by atoms with van der Waals surface area (Å²) in [6, 6.07) is 0.589. The second-order valence-corrected chi connectivity index (χ2v) is 5.56. The first kappa shape index (κ1) is 13.9. The SMILES string of the molecule is CC(CN1CCCC1)NCC(CN)C(C)C. The third kappa shape index (κ3) is 4.81. The van der Waals surface area contributed by atoms with Crippen molar-refractivity contribution in [1.82, 2.24) is 10.2 Å². The Hall–Kier alpha value is -0.120. The zero-order valence-electron chi connectivity index (χ0n) is 11.2. The van der Waals surface area contributed by atoms with E-state index in [9.17, 15) is 0 Å². The fraction of sp³-hybridized carbons (Fsp3) is 1.00. The Balaban J connectivity index is 2.15. The first-order chi connectivity index (χ1) is 7.63. The van der Waals surface area contributed by atoms with Gasteiger partial charge in [-0.1, -0.05) is 13.8 Å². The number of rotatable bonds is 7. The fourth-order valence-electron chi connectivity index (χ4n) is 2.36. The van der Waals surface area contributed by atoms with Crippen molar-refractivity contribution in [2.75, 3.05) is 32.7 Å². The van der Waals surface area contributed by atoms with Gasteiger partial charge in [0.05, 0.1) is 0 Å². The van der Waals surface area contributed by atoms with E-state index in [1.165, 1.54) is 32.5 Å². The van der Waals surface area contributed by atoms with Gasteiger partial charge in [-0.15, -0.1) is 0 Å². The number of nitrogens with one attached hydrogen (secondary N) is 1. The predicted octanol–water partition coefficient (Wildman–Crippen LogP) is 1.29. The van der Waals surface area contributed by atoms with Gasteiger partial charge in [0.2, 0.25) is 0 Å². The molecule has 1 saturated heterocycles. The van der Waals surface area contributed by atoms with Crippen LogP contribution in [-0.4, -0.2) is 43.7 Å². The molecule has 96 valence electrons. The van der Waals surface area contributed by atoms with Crippen molar-refractivity contribution >= 4 is 0 Å². The van der Waals surface area contributed by atoms with Crippen LogP contribution in [0.5, 0.6) is 0 Å². The number of likely N-dealkylation sites (tertiary alicyclic amines) is 1. The summed E-state index contributed by atoms with van der Waals surface area (Å²) < 4.78 is 0. The molecule has 3 nitrogen and oxygen atoms in total. The highest BCUT2D eigenvalue weighted by Gasteiger charge is 2.16. The summed E-state index contributed by atoms with van der Waals surface area (Å²) in [5.41, 5.74) is 5.77. The molecule has 16 heavy (non-hydrogen) atoms. The molecule has 3 N–H and O–H groups in total. The zero-order valence-corrected chi connectivity index (χ0v) is 11.2. The third-order valence-corrected chi connectivity index (χ3v) is 3.70. The first-order valence-corrected chi connectivity index (χ1v) is 6.79. The predicted molar refractivity (Wildman–Crippen MR) is 70.5 cm³/mol. The van der Waals surface area contributed by atoms with Gasteiger partial charge in [0, 0.05) is 12.6 Å². The molecule has 2 atom stereocenters. The van der Waals surface area contributed by atoms with Crippen molar-refractivity contribution in [3.63, 3.8) is 0 Å². The zero-order chi connectivity index (χ0) is 12.0. The van der Waals surface area contributed by atoms with Crippen LogP contribution in [0.1, 0.15) is 33.6 Å². The Morgan fingerprint density at radius 3 is 2.31 bits per heavy atom. The Kier molecular flexibility index (Phi) is 6.32. The van der Waals surface area contributed by atoms with Crippen LogP contribution in [0, 0.1) is 11.8 Å². The summed E-state index contributed by atoms with van der Waals surface area (Å²) >= 11 is 0. The summed E-state index contributed by atoms with van der Waals surface area (Å²) in [7, 11) is 0. The Morgan fingerprint density at radius 1 is 1.19 bits per heavy atom. The average Bonchev–Trinajstić information content (AvgIpc) is 2.70. The quantitative estimate of drug-likeness (QED) is 0.689. The van der Waals surface area contributed by atoms with Crippen molar-refractivity contribution in [1.29, 1.82) is 0 Å². The standard InChI is InChI=1S/C13H29N3/c1-11(2)13(8-14)9-15-12(3)10-16-6-4-5-7-16/h11-13,15H,4-10,14H2,1-3H3. The second-order valence-electron chi connectivity index (χ2n) is 5.56. The van der Waals surface area contributed by atoms with Gasteiger partial charge in [-0.25, -0.2) is 0 Å². The molecule has 1 heterocycles. The lowest BCUT2D eigenvalue weighted by Gasteiger charge is -2.25. The number of hydrogen-bond donors (Lipinski definition) is 2. The van der Waals surface area contributed by atoms with Gasteiger partial charge in [-0.3, -0.25) is 0 Å². The minimum Gasteiger partial charge on any atom is -0.330 e. The van der Waals surface area contributed by atoms with E-state index in [0.29, 0.717) is 17.9 Å². The van der Waals surface area contributed by atoms with E-state index in [0.717, 1.165) is 13.1 Å². The van der Waals surface area contributed by atoms with Gasteiger partial charge >= 0.3 is 0 Å². The molecule has 0 spiro atoms. The topological polar surface area (TPSA) is 41.3 Å². The smallest absolute Gasteiger partial charge is 0.0166 e. The molecule has 1 fully saturated rings. The fourth-order valence-corrected chi connectivity index (χ4v) is 2.36. The number of nitrogens with zero attached hydrogens (tertiary/aromatic N) is 1. The van der Waals surface area contributed by atoms with Crippen molar-refractivity contribution in [2.24, 2.45) is 17.6 Å². The van der Waals surface area contributed by atoms with Crippen LogP contribution >= 0.6 is 0 Å². The molecule has 1 rings (SSSR count). The maximum Gasteiger partial charge on any atom is 0.0166 e. The molecule has 0 aromatic rings. The molecule has 0 aliphatic carbocycles. The van der Waals surface area contributed by atoms with Gasteiger partial charge in [0.25, 0.3) is 0 Å². The Bertz CT molecular complexity index is 176. The highest BCUT2D eigenvalue weighted by atomic mass is 15.2. The van der Waals surface area contributed by atoms with E-state index in [4.69, 9.17) is 5.73 Å². The monoisotopic (exact) mass is 227 g/mol. The lowest BCUT2D eigenvalue weighted by atomic mass is 9.96. The van der Waals surface area contributed by atoms with Gasteiger partial charge < -0.3 is 16.0 Å². The molecule has 0 aromatic carbocycles. The molecule has 0 aromatic heterocycles. The summed E-state index contributed by atoms with van der Waals surface area (Å²) in [4.78, 5) is 2.56. The molecule has 3 heteroatoms. The molecule has 0 amide bonds. The van der Waals surface area contributed by atoms with Crippen molar-refractivity contribution in [3.05, 3.63) is 0 Å². The van der Waals surface area contributed by atoms with E-state index in [2.05, 4.69) is 31.0 Å². The van der Waals surface area contributed by atoms with E-state index >= 15 is 0 Å². The number of hydrogen-bond acceptors (Lipinski definition) is 3. The Morgan fingerprint density at radius 2 is 1.81 bits per heavy atom. The summed E-state index contributed by atoms with van der Waals surface area (Å²) in [5, 5.41) is 3.62. The summed E-state index contributed by atoms with van der Waals surface area (Å²) in [6.07, 6.45) is 2.76. The van der Waals surface area contributed by atoms with Gasteiger partial charge in [-0.2, -0.15) is 0 Å². The number of nitrogens with two attached hydrogens (primary N) is 1. The molecular weight excluding hydrogens is 198 g/mol. The van der Waals surface area contributed by atoms with Crippen LogP contribution in [0.3, 0.4) is 0 Å². The molecule has 0 saturated carbocycles. The largest absolute Gasteiger partial charge is 0.330 e. The minimum absolute atomic E-state index is 0.589. The van der Waals surface area contributed by atoms with Crippen LogP contribution < -0.4 is 11.1 Å².